The second-order valence-corrected chi connectivity index (χ2v) is 6.18. The second kappa shape index (κ2) is 8.85. The molecule has 25 heavy (non-hydrogen) atoms. The average Bonchev–Trinajstić information content (AvgIpc) is 2.66. The Labute approximate surface area is 149 Å². The Hall–Kier alpha value is -2.08. The fourth-order valence-corrected chi connectivity index (χ4v) is 2.78. The molecule has 2 rings (SSSR count). The summed E-state index contributed by atoms with van der Waals surface area (Å²) in [5.41, 5.74) is 1.60. The first kappa shape index (κ1) is 19.2. The maximum atomic E-state index is 10.5. The number of hydrogen-bond acceptors (Lipinski definition) is 5. The van der Waals surface area contributed by atoms with Crippen LogP contribution in [-0.4, -0.2) is 36.5 Å². The molecule has 0 saturated heterocycles. The third-order valence-electron chi connectivity index (χ3n) is 4.39. The van der Waals surface area contributed by atoms with E-state index in [1.807, 2.05) is 62.4 Å². The maximum absolute atomic E-state index is 10.5. The summed E-state index contributed by atoms with van der Waals surface area (Å²) in [5.74, 6) is 1.50. The number of rotatable bonds is 8. The van der Waals surface area contributed by atoms with Crippen molar-refractivity contribution < 1.29 is 19.7 Å². The Morgan fingerprint density at radius 1 is 0.680 bits per heavy atom. The lowest BCUT2D eigenvalue weighted by atomic mass is 9.99. The Morgan fingerprint density at radius 2 is 1.00 bits per heavy atom. The molecule has 5 heteroatoms. The Balaban J connectivity index is 1.98. The van der Waals surface area contributed by atoms with E-state index in [9.17, 15) is 10.2 Å². The fourth-order valence-electron chi connectivity index (χ4n) is 2.78. The molecule has 5 nitrogen and oxygen atoms in total. The minimum absolute atomic E-state index is 0.226. The summed E-state index contributed by atoms with van der Waals surface area (Å²) in [4.78, 5) is 0. The molecular formula is C20H27NO4. The van der Waals surface area contributed by atoms with Crippen LogP contribution in [0.4, 0.5) is 0 Å². The highest BCUT2D eigenvalue weighted by Gasteiger charge is 2.23. The molecule has 3 N–H and O–H groups in total. The summed E-state index contributed by atoms with van der Waals surface area (Å²) in [6, 6.07) is 14.2. The van der Waals surface area contributed by atoms with Crippen molar-refractivity contribution in [1.29, 1.82) is 0 Å². The highest BCUT2D eigenvalue weighted by molar-refractivity contribution is 5.30. The molecule has 2 aromatic rings. The van der Waals surface area contributed by atoms with Gasteiger partial charge in [-0.2, -0.15) is 0 Å². The van der Waals surface area contributed by atoms with Crippen molar-refractivity contribution >= 4 is 0 Å². The standard InChI is InChI=1S/C20H27NO4/c1-13(19(22)15-5-9-17(24-3)10-6-15)21-14(2)20(23)16-7-11-18(25-4)12-8-16/h5-14,19-23H,1-4H3/t13-,14-,19-,20-/m0/s1. The number of methoxy groups -OCH3 is 2. The van der Waals surface area contributed by atoms with E-state index >= 15 is 0 Å². The maximum Gasteiger partial charge on any atom is 0.118 e. The van der Waals surface area contributed by atoms with Crippen molar-refractivity contribution in [2.75, 3.05) is 14.2 Å². The molecule has 0 aliphatic rings. The normalized spacial score (nSPS) is 15.9. The second-order valence-electron chi connectivity index (χ2n) is 6.18. The zero-order chi connectivity index (χ0) is 18.4. The predicted molar refractivity (Wildman–Crippen MR) is 98.0 cm³/mol. The van der Waals surface area contributed by atoms with Crippen molar-refractivity contribution in [2.24, 2.45) is 0 Å². The van der Waals surface area contributed by atoms with Gasteiger partial charge in [0.15, 0.2) is 0 Å². The highest BCUT2D eigenvalue weighted by atomic mass is 16.5. The SMILES string of the molecule is COc1ccc([C@@H](O)[C@H](C)N[C@@H](C)[C@H](O)c2ccc(OC)cc2)cc1. The van der Waals surface area contributed by atoms with Gasteiger partial charge in [-0.3, -0.25) is 0 Å². The van der Waals surface area contributed by atoms with Crippen LogP contribution in [0.3, 0.4) is 0 Å². The zero-order valence-corrected chi connectivity index (χ0v) is 15.1. The Morgan fingerprint density at radius 3 is 1.28 bits per heavy atom. The van der Waals surface area contributed by atoms with Crippen LogP contribution in [0.25, 0.3) is 0 Å². The number of aliphatic hydroxyl groups excluding tert-OH is 2. The minimum atomic E-state index is -0.684. The summed E-state index contributed by atoms with van der Waals surface area (Å²) in [7, 11) is 3.22. The largest absolute Gasteiger partial charge is 0.497 e. The van der Waals surface area contributed by atoms with Crippen molar-refractivity contribution in [2.45, 2.75) is 38.1 Å². The van der Waals surface area contributed by atoms with E-state index in [-0.39, 0.29) is 12.1 Å². The Kier molecular flexibility index (Phi) is 6.82. The number of ether oxygens (including phenoxy) is 2. The molecule has 4 atom stereocenters. The molecule has 0 aliphatic heterocycles. The highest BCUT2D eigenvalue weighted by Crippen LogP contribution is 2.23. The van der Waals surface area contributed by atoms with Gasteiger partial charge in [0.2, 0.25) is 0 Å². The van der Waals surface area contributed by atoms with E-state index in [0.717, 1.165) is 22.6 Å². The Bertz CT molecular complexity index is 584. The average molecular weight is 345 g/mol. The molecule has 0 unspecified atom stereocenters. The number of hydrogen-bond donors (Lipinski definition) is 3. The topological polar surface area (TPSA) is 71.0 Å². The molecule has 136 valence electrons. The van der Waals surface area contributed by atoms with Crippen LogP contribution in [0.2, 0.25) is 0 Å². The summed E-state index contributed by atoms with van der Waals surface area (Å²) in [5, 5.41) is 24.3. The van der Waals surface area contributed by atoms with Gasteiger partial charge in [0.05, 0.1) is 26.4 Å². The van der Waals surface area contributed by atoms with Gasteiger partial charge in [0.25, 0.3) is 0 Å². The quantitative estimate of drug-likeness (QED) is 0.686. The van der Waals surface area contributed by atoms with Gasteiger partial charge >= 0.3 is 0 Å². The van der Waals surface area contributed by atoms with Crippen molar-refractivity contribution in [1.82, 2.24) is 5.32 Å². The summed E-state index contributed by atoms with van der Waals surface area (Å²) < 4.78 is 10.3. The molecule has 0 bridgehead atoms. The van der Waals surface area contributed by atoms with E-state index in [1.54, 1.807) is 14.2 Å². The van der Waals surface area contributed by atoms with Gasteiger partial charge in [-0.1, -0.05) is 24.3 Å². The third kappa shape index (κ3) is 4.95. The van der Waals surface area contributed by atoms with Crippen molar-refractivity contribution in [3.05, 3.63) is 59.7 Å². The van der Waals surface area contributed by atoms with E-state index in [4.69, 9.17) is 9.47 Å². The van der Waals surface area contributed by atoms with Crippen LogP contribution >= 0.6 is 0 Å². The predicted octanol–water partition coefficient (Wildman–Crippen LogP) is 2.84. The lowest BCUT2D eigenvalue weighted by Crippen LogP contribution is -2.41. The molecule has 0 saturated carbocycles. The van der Waals surface area contributed by atoms with Crippen molar-refractivity contribution in [3.8, 4) is 11.5 Å². The van der Waals surface area contributed by atoms with Crippen LogP contribution < -0.4 is 14.8 Å². The van der Waals surface area contributed by atoms with Crippen LogP contribution in [0, 0.1) is 0 Å². The van der Waals surface area contributed by atoms with Crippen LogP contribution in [0.5, 0.6) is 11.5 Å². The lowest BCUT2D eigenvalue weighted by molar-refractivity contribution is 0.0918. The van der Waals surface area contributed by atoms with Crippen LogP contribution in [0.15, 0.2) is 48.5 Å². The van der Waals surface area contributed by atoms with E-state index in [1.165, 1.54) is 0 Å². The first-order valence-corrected chi connectivity index (χ1v) is 8.36. The van der Waals surface area contributed by atoms with Crippen LogP contribution in [0.1, 0.15) is 37.2 Å². The van der Waals surface area contributed by atoms with Gasteiger partial charge in [0, 0.05) is 12.1 Å². The van der Waals surface area contributed by atoms with Gasteiger partial charge in [-0.05, 0) is 49.2 Å². The van der Waals surface area contributed by atoms with E-state index in [0.29, 0.717) is 0 Å². The molecule has 0 radical (unpaired) electrons. The van der Waals surface area contributed by atoms with Gasteiger partial charge in [-0.25, -0.2) is 0 Å². The van der Waals surface area contributed by atoms with Gasteiger partial charge in [-0.15, -0.1) is 0 Å². The van der Waals surface area contributed by atoms with Gasteiger partial charge < -0.3 is 25.0 Å². The first-order valence-electron chi connectivity index (χ1n) is 8.36. The minimum Gasteiger partial charge on any atom is -0.497 e. The molecule has 0 aromatic heterocycles. The molecule has 0 aliphatic carbocycles. The third-order valence-corrected chi connectivity index (χ3v) is 4.39. The number of aliphatic hydroxyl groups is 2. The summed E-state index contributed by atoms with van der Waals surface area (Å²) in [6.07, 6.45) is -1.37. The molecule has 0 spiro atoms. The number of benzene rings is 2. The molecule has 0 amide bonds. The number of nitrogens with one attached hydrogen (secondary N) is 1. The molecule has 0 heterocycles. The lowest BCUT2D eigenvalue weighted by Gasteiger charge is -2.28. The zero-order valence-electron chi connectivity index (χ0n) is 15.1. The van der Waals surface area contributed by atoms with E-state index < -0.39 is 12.2 Å². The van der Waals surface area contributed by atoms with Crippen molar-refractivity contribution in [3.63, 3.8) is 0 Å². The molecule has 0 fully saturated rings. The molecular weight excluding hydrogens is 318 g/mol. The summed E-state index contributed by atoms with van der Waals surface area (Å²) >= 11 is 0. The smallest absolute Gasteiger partial charge is 0.118 e. The monoisotopic (exact) mass is 345 g/mol. The first-order chi connectivity index (χ1) is 12.0. The van der Waals surface area contributed by atoms with Gasteiger partial charge in [0.1, 0.15) is 11.5 Å². The summed E-state index contributed by atoms with van der Waals surface area (Å²) in [6.45, 7) is 3.79. The molecule has 2 aromatic carbocycles. The van der Waals surface area contributed by atoms with E-state index in [2.05, 4.69) is 5.32 Å². The van der Waals surface area contributed by atoms with Crippen LogP contribution in [-0.2, 0) is 0 Å². The fraction of sp³-hybridized carbons (Fsp3) is 0.400.